The molecule has 0 spiro atoms. The minimum absolute atomic E-state index is 0.216. The van der Waals surface area contributed by atoms with Gasteiger partial charge in [-0.25, -0.2) is 4.39 Å². The Kier molecular flexibility index (Phi) is 5.59. The zero-order valence-corrected chi connectivity index (χ0v) is 13.7. The zero-order valence-electron chi connectivity index (χ0n) is 13.7. The Labute approximate surface area is 142 Å². The molecule has 1 heterocycles. The van der Waals surface area contributed by atoms with Gasteiger partial charge >= 0.3 is 0 Å². The Morgan fingerprint density at radius 3 is 2.54 bits per heavy atom. The first-order valence-electron chi connectivity index (χ1n) is 8.54. The molecule has 2 aromatic carbocycles. The van der Waals surface area contributed by atoms with E-state index in [1.165, 1.54) is 30.5 Å². The number of carbonyl (C=O) groups excluding carboxylic acids is 1. The number of rotatable bonds is 6. The molecule has 1 amide bonds. The van der Waals surface area contributed by atoms with E-state index in [1.54, 1.807) is 12.1 Å². The molecule has 0 saturated carbocycles. The van der Waals surface area contributed by atoms with Gasteiger partial charge in [0.25, 0.3) is 5.91 Å². The maximum absolute atomic E-state index is 13.3. The second-order valence-corrected chi connectivity index (χ2v) is 6.31. The summed E-state index contributed by atoms with van der Waals surface area (Å²) in [6, 6.07) is 16.4. The fourth-order valence-corrected chi connectivity index (χ4v) is 3.27. The monoisotopic (exact) mass is 326 g/mol. The van der Waals surface area contributed by atoms with Crippen LogP contribution in [0.4, 0.5) is 4.39 Å². The van der Waals surface area contributed by atoms with Crippen LogP contribution in [0, 0.1) is 5.82 Å². The third-order valence-corrected chi connectivity index (χ3v) is 4.56. The Hall–Kier alpha value is -2.20. The van der Waals surface area contributed by atoms with Crippen LogP contribution in [0.2, 0.25) is 0 Å². The molecule has 2 aromatic rings. The quantitative estimate of drug-likeness (QED) is 0.884. The van der Waals surface area contributed by atoms with Gasteiger partial charge in [-0.1, -0.05) is 36.4 Å². The molecule has 1 fully saturated rings. The largest absolute Gasteiger partial charge is 0.350 e. The van der Waals surface area contributed by atoms with Gasteiger partial charge < -0.3 is 5.32 Å². The molecule has 0 aliphatic carbocycles. The summed E-state index contributed by atoms with van der Waals surface area (Å²) in [5, 5.41) is 2.98. The van der Waals surface area contributed by atoms with Gasteiger partial charge in [-0.2, -0.15) is 0 Å². The Morgan fingerprint density at radius 1 is 1.08 bits per heavy atom. The highest BCUT2D eigenvalue weighted by molar-refractivity contribution is 5.94. The van der Waals surface area contributed by atoms with Crippen molar-refractivity contribution in [1.82, 2.24) is 10.2 Å². The molecule has 0 radical (unpaired) electrons. The van der Waals surface area contributed by atoms with E-state index >= 15 is 0 Å². The van der Waals surface area contributed by atoms with Crippen LogP contribution >= 0.6 is 0 Å². The number of amides is 1. The number of halogens is 1. The van der Waals surface area contributed by atoms with Crippen LogP contribution < -0.4 is 5.32 Å². The molecule has 4 heteroatoms. The molecule has 126 valence electrons. The highest BCUT2D eigenvalue weighted by Gasteiger charge is 2.23. The topological polar surface area (TPSA) is 32.3 Å². The van der Waals surface area contributed by atoms with Crippen molar-refractivity contribution in [2.45, 2.75) is 25.3 Å². The first-order valence-corrected chi connectivity index (χ1v) is 8.54. The maximum Gasteiger partial charge on any atom is 0.251 e. The van der Waals surface area contributed by atoms with Crippen LogP contribution in [0.1, 0.15) is 28.8 Å². The van der Waals surface area contributed by atoms with Gasteiger partial charge in [0.05, 0.1) is 0 Å². The first kappa shape index (κ1) is 16.7. The molecule has 1 N–H and O–H groups in total. The molecule has 0 aromatic heterocycles. The Morgan fingerprint density at radius 2 is 1.83 bits per heavy atom. The molecule has 1 atom stereocenters. The zero-order chi connectivity index (χ0) is 16.8. The lowest BCUT2D eigenvalue weighted by Gasteiger charge is -2.28. The van der Waals surface area contributed by atoms with Gasteiger partial charge in [-0.15, -0.1) is 0 Å². The summed E-state index contributed by atoms with van der Waals surface area (Å²) in [5.74, 6) is -0.602. The van der Waals surface area contributed by atoms with Crippen molar-refractivity contribution in [3.05, 3.63) is 71.5 Å². The molecule has 3 nitrogen and oxygen atoms in total. The molecule has 1 aliphatic heterocycles. The van der Waals surface area contributed by atoms with Gasteiger partial charge in [0, 0.05) is 18.2 Å². The third kappa shape index (κ3) is 4.42. The second kappa shape index (κ2) is 8.06. The summed E-state index contributed by atoms with van der Waals surface area (Å²) in [6.07, 6.45) is 3.33. The fourth-order valence-electron chi connectivity index (χ4n) is 3.27. The van der Waals surface area contributed by atoms with Gasteiger partial charge in [0.15, 0.2) is 0 Å². The fraction of sp³-hybridized carbons (Fsp3) is 0.350. The lowest BCUT2D eigenvalue weighted by molar-refractivity contribution is 0.0937. The van der Waals surface area contributed by atoms with Crippen LogP contribution in [0.5, 0.6) is 0 Å². The summed E-state index contributed by atoms with van der Waals surface area (Å²) in [7, 11) is 0. The number of benzene rings is 2. The minimum Gasteiger partial charge on any atom is -0.350 e. The predicted octanol–water partition coefficient (Wildman–Crippen LogP) is 3.26. The highest BCUT2D eigenvalue weighted by atomic mass is 19.1. The van der Waals surface area contributed by atoms with Gasteiger partial charge in [0.1, 0.15) is 5.82 Å². The number of hydrogen-bond acceptors (Lipinski definition) is 2. The van der Waals surface area contributed by atoms with E-state index < -0.39 is 0 Å². The van der Waals surface area contributed by atoms with Crippen molar-refractivity contribution in [2.75, 3.05) is 19.6 Å². The molecule has 24 heavy (non-hydrogen) atoms. The van der Waals surface area contributed by atoms with Crippen molar-refractivity contribution in [3.63, 3.8) is 0 Å². The molecule has 1 aliphatic rings. The molecular formula is C20H23FN2O. The number of nitrogens with zero attached hydrogens (tertiary/aromatic N) is 1. The lowest BCUT2D eigenvalue weighted by atomic mass is 10.0. The molecule has 1 saturated heterocycles. The van der Waals surface area contributed by atoms with E-state index in [0.717, 1.165) is 19.5 Å². The first-order chi connectivity index (χ1) is 11.7. The number of carbonyl (C=O) groups is 1. The van der Waals surface area contributed by atoms with Crippen molar-refractivity contribution in [3.8, 4) is 0 Å². The average Bonchev–Trinajstić information content (AvgIpc) is 3.13. The lowest BCUT2D eigenvalue weighted by Crippen LogP contribution is -2.44. The summed E-state index contributed by atoms with van der Waals surface area (Å²) in [5.41, 5.74) is 1.64. The van der Waals surface area contributed by atoms with E-state index in [4.69, 9.17) is 0 Å². The Balaban J connectivity index is 1.64. The van der Waals surface area contributed by atoms with Gasteiger partial charge in [-0.05, 0) is 56.1 Å². The Bertz CT molecular complexity index is 668. The van der Waals surface area contributed by atoms with Crippen molar-refractivity contribution < 1.29 is 9.18 Å². The normalized spacial score (nSPS) is 16.0. The van der Waals surface area contributed by atoms with Gasteiger partial charge in [0.2, 0.25) is 0 Å². The smallest absolute Gasteiger partial charge is 0.251 e. The number of nitrogens with one attached hydrogen (secondary N) is 1. The van der Waals surface area contributed by atoms with Crippen LogP contribution in [0.3, 0.4) is 0 Å². The van der Waals surface area contributed by atoms with Crippen LogP contribution in [0.25, 0.3) is 0 Å². The number of hydrogen-bond donors (Lipinski definition) is 1. The van der Waals surface area contributed by atoms with Crippen LogP contribution in [-0.4, -0.2) is 36.5 Å². The van der Waals surface area contributed by atoms with Crippen molar-refractivity contribution in [1.29, 1.82) is 0 Å². The van der Waals surface area contributed by atoms with E-state index in [2.05, 4.69) is 22.3 Å². The maximum atomic E-state index is 13.3. The molecule has 3 rings (SSSR count). The van der Waals surface area contributed by atoms with Gasteiger partial charge in [-0.3, -0.25) is 9.69 Å². The third-order valence-electron chi connectivity index (χ3n) is 4.56. The molecule has 1 unspecified atom stereocenters. The van der Waals surface area contributed by atoms with Crippen LogP contribution in [-0.2, 0) is 6.42 Å². The predicted molar refractivity (Wildman–Crippen MR) is 93.5 cm³/mol. The second-order valence-electron chi connectivity index (χ2n) is 6.31. The van der Waals surface area contributed by atoms with E-state index in [0.29, 0.717) is 12.1 Å². The SMILES string of the molecule is O=C(NCC(Cc1ccccc1)N1CCCC1)c1cccc(F)c1. The average molecular weight is 326 g/mol. The highest BCUT2D eigenvalue weighted by Crippen LogP contribution is 2.15. The van der Waals surface area contributed by atoms with Crippen molar-refractivity contribution in [2.24, 2.45) is 0 Å². The van der Waals surface area contributed by atoms with E-state index in [-0.39, 0.29) is 17.8 Å². The standard InChI is InChI=1S/C20H23FN2O/c21-18-10-6-9-17(14-18)20(24)22-15-19(23-11-4-5-12-23)13-16-7-2-1-3-8-16/h1-3,6-10,14,19H,4-5,11-13,15H2,(H,22,24). The summed E-state index contributed by atoms with van der Waals surface area (Å²) in [6.45, 7) is 2.73. The van der Waals surface area contributed by atoms with E-state index in [1.807, 2.05) is 18.2 Å². The van der Waals surface area contributed by atoms with E-state index in [9.17, 15) is 9.18 Å². The van der Waals surface area contributed by atoms with Crippen molar-refractivity contribution >= 4 is 5.91 Å². The summed E-state index contributed by atoms with van der Waals surface area (Å²) in [4.78, 5) is 14.7. The molecular weight excluding hydrogens is 303 g/mol. The number of likely N-dealkylation sites (tertiary alicyclic amines) is 1. The minimum atomic E-state index is -0.386. The molecule has 0 bridgehead atoms. The summed E-state index contributed by atoms with van der Waals surface area (Å²) >= 11 is 0. The summed E-state index contributed by atoms with van der Waals surface area (Å²) < 4.78 is 13.3. The van der Waals surface area contributed by atoms with Crippen LogP contribution in [0.15, 0.2) is 54.6 Å².